The second-order valence-corrected chi connectivity index (χ2v) is 4.75. The average molecular weight is 190 g/mol. The van der Waals surface area contributed by atoms with Gasteiger partial charge in [-0.1, -0.05) is 38.7 Å². The highest BCUT2D eigenvalue weighted by molar-refractivity contribution is 5.35. The molecule has 0 amide bonds. The smallest absolute Gasteiger partial charge is 0.0375 e. The van der Waals surface area contributed by atoms with Crippen LogP contribution in [0.2, 0.25) is 0 Å². The maximum absolute atomic E-state index is 3.49. The van der Waals surface area contributed by atoms with E-state index in [-0.39, 0.29) is 0 Å². The second kappa shape index (κ2) is 3.81. The molecule has 0 aliphatic heterocycles. The van der Waals surface area contributed by atoms with Gasteiger partial charge in [-0.3, -0.25) is 0 Å². The van der Waals surface area contributed by atoms with Gasteiger partial charge in [0.15, 0.2) is 0 Å². The molecule has 0 heterocycles. The third kappa shape index (κ3) is 1.73. The molecule has 0 nitrogen and oxygen atoms in total. The van der Waals surface area contributed by atoms with Crippen LogP contribution in [0.3, 0.4) is 0 Å². The summed E-state index contributed by atoms with van der Waals surface area (Å²) in [5, 5.41) is 0. The summed E-state index contributed by atoms with van der Waals surface area (Å²) in [5.41, 5.74) is 2.01. The second-order valence-electron chi connectivity index (χ2n) is 4.75. The molecule has 78 valence electrons. The lowest BCUT2D eigenvalue weighted by atomic mass is 9.90. The first-order chi connectivity index (χ1) is 6.53. The van der Waals surface area contributed by atoms with Crippen LogP contribution in [0.1, 0.15) is 53.9 Å². The molecule has 0 heteroatoms. The van der Waals surface area contributed by atoms with Crippen molar-refractivity contribution in [3.63, 3.8) is 0 Å². The Morgan fingerprint density at radius 2 is 2.00 bits per heavy atom. The summed E-state index contributed by atoms with van der Waals surface area (Å²) in [6.07, 6.45) is 5.82. The average Bonchev–Trinajstić information content (AvgIpc) is 2.82. The van der Waals surface area contributed by atoms with E-state index in [1.54, 1.807) is 0 Å². The highest BCUT2D eigenvalue weighted by Crippen LogP contribution is 2.67. The van der Waals surface area contributed by atoms with Crippen molar-refractivity contribution >= 4 is 0 Å². The van der Waals surface area contributed by atoms with Gasteiger partial charge < -0.3 is 0 Å². The van der Waals surface area contributed by atoms with Crippen LogP contribution in [0, 0.1) is 22.7 Å². The van der Waals surface area contributed by atoms with Crippen LogP contribution < -0.4 is 0 Å². The molecule has 0 radical (unpaired) electrons. The fourth-order valence-electron chi connectivity index (χ4n) is 2.21. The number of hydrogen-bond acceptors (Lipinski definition) is 0. The molecule has 1 fully saturated rings. The molecule has 2 unspecified atom stereocenters. The molecule has 0 spiro atoms. The molecule has 14 heavy (non-hydrogen) atoms. The number of rotatable bonds is 2. The van der Waals surface area contributed by atoms with Crippen molar-refractivity contribution in [2.24, 2.45) is 10.8 Å². The predicted octanol–water partition coefficient (Wildman–Crippen LogP) is 4.17. The van der Waals surface area contributed by atoms with E-state index in [1.165, 1.54) is 24.8 Å². The normalized spacial score (nSPS) is 36.2. The molecule has 1 aliphatic rings. The fourth-order valence-corrected chi connectivity index (χ4v) is 2.21. The van der Waals surface area contributed by atoms with Crippen molar-refractivity contribution in [1.29, 1.82) is 0 Å². The van der Waals surface area contributed by atoms with E-state index in [0.29, 0.717) is 10.8 Å². The van der Waals surface area contributed by atoms with E-state index in [0.717, 1.165) is 0 Å². The summed E-state index contributed by atoms with van der Waals surface area (Å²) in [5.74, 6) is 6.78. The molecule has 1 aliphatic carbocycles. The van der Waals surface area contributed by atoms with E-state index in [1.807, 2.05) is 0 Å². The van der Waals surface area contributed by atoms with Gasteiger partial charge in [0.25, 0.3) is 0 Å². The molecule has 0 aromatic heterocycles. The zero-order valence-corrected chi connectivity index (χ0v) is 10.2. The SMILES string of the molecule is C/C=C(\C)C#CC1(CC)CC1(C)CC. The van der Waals surface area contributed by atoms with Crippen LogP contribution in [0.5, 0.6) is 0 Å². The fraction of sp³-hybridized carbons (Fsp3) is 0.714. The Hall–Kier alpha value is -0.700. The number of hydrogen-bond donors (Lipinski definition) is 0. The first-order valence-corrected chi connectivity index (χ1v) is 5.69. The minimum Gasteiger partial charge on any atom is -0.0909 e. The zero-order valence-electron chi connectivity index (χ0n) is 10.2. The van der Waals surface area contributed by atoms with Crippen molar-refractivity contribution < 1.29 is 0 Å². The summed E-state index contributed by atoms with van der Waals surface area (Å²) in [4.78, 5) is 0. The van der Waals surface area contributed by atoms with Crippen LogP contribution in [0.4, 0.5) is 0 Å². The third-order valence-corrected chi connectivity index (χ3v) is 4.04. The first kappa shape index (κ1) is 11.4. The van der Waals surface area contributed by atoms with E-state index in [4.69, 9.17) is 0 Å². The van der Waals surface area contributed by atoms with Gasteiger partial charge in [-0.15, -0.1) is 0 Å². The zero-order chi connectivity index (χ0) is 10.8. The Morgan fingerprint density at radius 3 is 2.36 bits per heavy atom. The summed E-state index contributed by atoms with van der Waals surface area (Å²) < 4.78 is 0. The Labute approximate surface area is 88.8 Å². The molecule has 2 atom stereocenters. The summed E-state index contributed by atoms with van der Waals surface area (Å²) >= 11 is 0. The van der Waals surface area contributed by atoms with E-state index in [9.17, 15) is 0 Å². The van der Waals surface area contributed by atoms with Crippen molar-refractivity contribution in [3.05, 3.63) is 11.6 Å². The lowest BCUT2D eigenvalue weighted by Crippen LogP contribution is -2.07. The summed E-state index contributed by atoms with van der Waals surface area (Å²) in [6, 6.07) is 0. The molecular weight excluding hydrogens is 168 g/mol. The maximum Gasteiger partial charge on any atom is 0.0375 e. The van der Waals surface area contributed by atoms with Crippen LogP contribution in [-0.4, -0.2) is 0 Å². The third-order valence-electron chi connectivity index (χ3n) is 4.04. The minimum absolute atomic E-state index is 0.325. The van der Waals surface area contributed by atoms with Crippen LogP contribution in [-0.2, 0) is 0 Å². The van der Waals surface area contributed by atoms with Crippen molar-refractivity contribution in [2.75, 3.05) is 0 Å². The van der Waals surface area contributed by atoms with Crippen molar-refractivity contribution in [2.45, 2.75) is 53.9 Å². The Kier molecular flexibility index (Phi) is 3.10. The van der Waals surface area contributed by atoms with Gasteiger partial charge in [-0.25, -0.2) is 0 Å². The van der Waals surface area contributed by atoms with Gasteiger partial charge in [0, 0.05) is 5.41 Å². The van der Waals surface area contributed by atoms with Crippen LogP contribution in [0.15, 0.2) is 11.6 Å². The largest absolute Gasteiger partial charge is 0.0909 e. The predicted molar refractivity (Wildman–Crippen MR) is 62.9 cm³/mol. The van der Waals surface area contributed by atoms with Crippen LogP contribution >= 0.6 is 0 Å². The summed E-state index contributed by atoms with van der Waals surface area (Å²) in [6.45, 7) is 11.1. The van der Waals surface area contributed by atoms with Gasteiger partial charge >= 0.3 is 0 Å². The molecule has 0 saturated heterocycles. The minimum atomic E-state index is 0.325. The molecule has 0 aromatic carbocycles. The topological polar surface area (TPSA) is 0 Å². The highest BCUT2D eigenvalue weighted by atomic mass is 14.6. The van der Waals surface area contributed by atoms with E-state index in [2.05, 4.69) is 52.5 Å². The summed E-state index contributed by atoms with van der Waals surface area (Å²) in [7, 11) is 0. The Morgan fingerprint density at radius 1 is 1.36 bits per heavy atom. The standard InChI is InChI=1S/C14H22/c1-6-12(4)9-10-14(8-3)11-13(14,5)7-2/h6H,7-8,11H2,1-5H3/b12-6+. The maximum atomic E-state index is 3.49. The lowest BCUT2D eigenvalue weighted by molar-refractivity contribution is 0.416. The monoisotopic (exact) mass is 190 g/mol. The molecule has 1 rings (SSSR count). The Bertz CT molecular complexity index is 300. The van der Waals surface area contributed by atoms with Gasteiger partial charge in [0.1, 0.15) is 0 Å². The quantitative estimate of drug-likeness (QED) is 0.573. The van der Waals surface area contributed by atoms with E-state index < -0.39 is 0 Å². The highest BCUT2D eigenvalue weighted by Gasteiger charge is 2.60. The van der Waals surface area contributed by atoms with Gasteiger partial charge in [-0.05, 0) is 44.1 Å². The van der Waals surface area contributed by atoms with Gasteiger partial charge in [-0.2, -0.15) is 0 Å². The van der Waals surface area contributed by atoms with Crippen LogP contribution in [0.25, 0.3) is 0 Å². The van der Waals surface area contributed by atoms with Gasteiger partial charge in [0.05, 0.1) is 0 Å². The molecule has 0 bridgehead atoms. The number of allylic oxidation sites excluding steroid dienone is 2. The lowest BCUT2D eigenvalue weighted by Gasteiger charge is -2.13. The molecule has 1 saturated carbocycles. The van der Waals surface area contributed by atoms with Gasteiger partial charge in [0.2, 0.25) is 0 Å². The van der Waals surface area contributed by atoms with Crippen molar-refractivity contribution in [1.82, 2.24) is 0 Å². The molecule has 0 aromatic rings. The molecular formula is C14H22. The van der Waals surface area contributed by atoms with Crippen molar-refractivity contribution in [3.8, 4) is 11.8 Å². The van der Waals surface area contributed by atoms with E-state index >= 15 is 0 Å². The Balaban J connectivity index is 2.81. The molecule has 0 N–H and O–H groups in total. The first-order valence-electron chi connectivity index (χ1n) is 5.69.